The van der Waals surface area contributed by atoms with Gasteiger partial charge < -0.3 is 5.32 Å². The van der Waals surface area contributed by atoms with Crippen LogP contribution in [0.4, 0.5) is 11.6 Å². The van der Waals surface area contributed by atoms with Gasteiger partial charge in [0.25, 0.3) is 5.56 Å². The fourth-order valence-corrected chi connectivity index (χ4v) is 2.59. The zero-order valence-electron chi connectivity index (χ0n) is 14.9. The monoisotopic (exact) mass is 328 g/mol. The highest BCUT2D eigenvalue weighted by atomic mass is 16.1. The van der Waals surface area contributed by atoms with Gasteiger partial charge in [-0.15, -0.1) is 0 Å². The summed E-state index contributed by atoms with van der Waals surface area (Å²) in [4.78, 5) is 21.4. The van der Waals surface area contributed by atoms with E-state index in [0.29, 0.717) is 5.95 Å². The Kier molecular flexibility index (Phi) is 7.00. The molecule has 0 unspecified atom stereocenters. The number of aryl methyl sites for hydroxylation is 1. The van der Waals surface area contributed by atoms with E-state index in [1.165, 1.54) is 5.56 Å². The summed E-state index contributed by atoms with van der Waals surface area (Å²) in [5, 5.41) is 3.19. The van der Waals surface area contributed by atoms with Crippen LogP contribution in [0.1, 0.15) is 44.9 Å². The molecule has 0 aliphatic rings. The molecule has 2 rings (SSSR count). The predicted molar refractivity (Wildman–Crippen MR) is 99.8 cm³/mol. The lowest BCUT2D eigenvalue weighted by atomic mass is 10.2. The first-order valence-corrected chi connectivity index (χ1v) is 8.83. The van der Waals surface area contributed by atoms with Gasteiger partial charge in [-0.25, -0.2) is 4.98 Å². The number of aromatic nitrogens is 2. The SMILES string of the molecule is CCCCc1cc(=O)[nH]c(Nc2ccc(CN(CC)CC)cc2)n1. The van der Waals surface area contributed by atoms with Crippen LogP contribution >= 0.6 is 0 Å². The molecule has 0 saturated carbocycles. The Morgan fingerprint density at radius 1 is 1.12 bits per heavy atom. The van der Waals surface area contributed by atoms with Gasteiger partial charge in [0.1, 0.15) is 0 Å². The summed E-state index contributed by atoms with van der Waals surface area (Å²) >= 11 is 0. The summed E-state index contributed by atoms with van der Waals surface area (Å²) in [6.07, 6.45) is 2.96. The molecular formula is C19H28N4O. The highest BCUT2D eigenvalue weighted by Crippen LogP contribution is 2.15. The minimum atomic E-state index is -0.114. The fraction of sp³-hybridized carbons (Fsp3) is 0.474. The first-order valence-electron chi connectivity index (χ1n) is 8.83. The van der Waals surface area contributed by atoms with Crippen molar-refractivity contribution in [3.05, 3.63) is 51.9 Å². The van der Waals surface area contributed by atoms with E-state index in [-0.39, 0.29) is 5.56 Å². The van der Waals surface area contributed by atoms with Crippen molar-refractivity contribution in [3.63, 3.8) is 0 Å². The molecule has 0 saturated heterocycles. The van der Waals surface area contributed by atoms with Crippen LogP contribution in [0.3, 0.4) is 0 Å². The number of unbranched alkanes of at least 4 members (excludes halogenated alkanes) is 1. The number of rotatable bonds is 9. The minimum Gasteiger partial charge on any atom is -0.326 e. The maximum Gasteiger partial charge on any atom is 0.252 e. The second kappa shape index (κ2) is 9.23. The van der Waals surface area contributed by atoms with Crippen molar-refractivity contribution in [2.24, 2.45) is 0 Å². The summed E-state index contributed by atoms with van der Waals surface area (Å²) in [7, 11) is 0. The maximum absolute atomic E-state index is 11.8. The molecule has 0 bridgehead atoms. The van der Waals surface area contributed by atoms with E-state index in [0.717, 1.165) is 50.3 Å². The van der Waals surface area contributed by atoms with Crippen LogP contribution in [0.2, 0.25) is 0 Å². The molecule has 0 spiro atoms. The summed E-state index contributed by atoms with van der Waals surface area (Å²) in [6.45, 7) is 9.53. The Balaban J connectivity index is 2.05. The molecule has 0 amide bonds. The molecule has 0 atom stereocenters. The Morgan fingerprint density at radius 2 is 1.83 bits per heavy atom. The normalized spacial score (nSPS) is 11.0. The van der Waals surface area contributed by atoms with Gasteiger partial charge in [-0.1, -0.05) is 39.3 Å². The second-order valence-electron chi connectivity index (χ2n) is 5.97. The molecule has 24 heavy (non-hydrogen) atoms. The van der Waals surface area contributed by atoms with E-state index < -0.39 is 0 Å². The molecule has 0 aliphatic heterocycles. The Hall–Kier alpha value is -2.14. The average molecular weight is 328 g/mol. The highest BCUT2D eigenvalue weighted by Gasteiger charge is 2.04. The number of anilines is 2. The Bertz CT molecular complexity index is 675. The van der Waals surface area contributed by atoms with E-state index >= 15 is 0 Å². The van der Waals surface area contributed by atoms with Crippen LogP contribution < -0.4 is 10.9 Å². The molecule has 2 N–H and O–H groups in total. The lowest BCUT2D eigenvalue weighted by molar-refractivity contribution is 0.296. The molecule has 0 aliphatic carbocycles. The predicted octanol–water partition coefficient (Wildman–Crippen LogP) is 3.70. The second-order valence-corrected chi connectivity index (χ2v) is 5.97. The van der Waals surface area contributed by atoms with Gasteiger partial charge in [0, 0.05) is 24.0 Å². The van der Waals surface area contributed by atoms with Gasteiger partial charge in [0.2, 0.25) is 5.95 Å². The van der Waals surface area contributed by atoms with Gasteiger partial charge in [0.05, 0.1) is 0 Å². The standard InChI is InChI=1S/C19H28N4O/c1-4-7-8-17-13-18(24)22-19(21-17)20-16-11-9-15(10-12-16)14-23(5-2)6-3/h9-13H,4-8,14H2,1-3H3,(H2,20,21,22,24). The third-order valence-electron chi connectivity index (χ3n) is 4.10. The number of hydrogen-bond acceptors (Lipinski definition) is 4. The first kappa shape index (κ1) is 18.2. The molecule has 5 nitrogen and oxygen atoms in total. The lowest BCUT2D eigenvalue weighted by Gasteiger charge is -2.18. The van der Waals surface area contributed by atoms with Crippen molar-refractivity contribution >= 4 is 11.6 Å². The molecule has 1 heterocycles. The van der Waals surface area contributed by atoms with Crippen LogP contribution in [0.15, 0.2) is 35.1 Å². The molecule has 130 valence electrons. The number of benzene rings is 1. The summed E-state index contributed by atoms with van der Waals surface area (Å²) in [5.41, 5.74) is 2.93. The molecular weight excluding hydrogens is 300 g/mol. The van der Waals surface area contributed by atoms with E-state index in [4.69, 9.17) is 0 Å². The average Bonchev–Trinajstić information content (AvgIpc) is 2.59. The number of nitrogens with one attached hydrogen (secondary N) is 2. The smallest absolute Gasteiger partial charge is 0.252 e. The minimum absolute atomic E-state index is 0.114. The molecule has 2 aromatic rings. The van der Waals surface area contributed by atoms with Crippen LogP contribution in [-0.4, -0.2) is 28.0 Å². The summed E-state index contributed by atoms with van der Waals surface area (Å²) < 4.78 is 0. The van der Waals surface area contributed by atoms with E-state index in [9.17, 15) is 4.79 Å². The zero-order chi connectivity index (χ0) is 17.4. The number of aromatic amines is 1. The van der Waals surface area contributed by atoms with Gasteiger partial charge in [-0.2, -0.15) is 0 Å². The summed E-state index contributed by atoms with van der Waals surface area (Å²) in [5.74, 6) is 0.505. The number of nitrogens with zero attached hydrogens (tertiary/aromatic N) is 2. The topological polar surface area (TPSA) is 61.0 Å². The summed E-state index contributed by atoms with van der Waals surface area (Å²) in [6, 6.07) is 9.85. The van der Waals surface area contributed by atoms with Crippen molar-refractivity contribution in [3.8, 4) is 0 Å². The van der Waals surface area contributed by atoms with Crippen molar-refractivity contribution in [1.29, 1.82) is 0 Å². The molecule has 5 heteroatoms. The highest BCUT2D eigenvalue weighted by molar-refractivity contribution is 5.53. The van der Waals surface area contributed by atoms with Crippen molar-refractivity contribution in [2.45, 2.75) is 46.6 Å². The number of hydrogen-bond donors (Lipinski definition) is 2. The first-order chi connectivity index (χ1) is 11.6. The largest absolute Gasteiger partial charge is 0.326 e. The van der Waals surface area contributed by atoms with Crippen molar-refractivity contribution < 1.29 is 0 Å². The van der Waals surface area contributed by atoms with Crippen LogP contribution in [-0.2, 0) is 13.0 Å². The Morgan fingerprint density at radius 3 is 2.46 bits per heavy atom. The molecule has 0 fully saturated rings. The molecule has 1 aromatic heterocycles. The third-order valence-corrected chi connectivity index (χ3v) is 4.10. The van der Waals surface area contributed by atoms with Crippen LogP contribution in [0, 0.1) is 0 Å². The molecule has 1 aromatic carbocycles. The van der Waals surface area contributed by atoms with E-state index in [1.807, 2.05) is 12.1 Å². The van der Waals surface area contributed by atoms with Gasteiger partial charge in [-0.3, -0.25) is 14.7 Å². The quantitative estimate of drug-likeness (QED) is 0.737. The lowest BCUT2D eigenvalue weighted by Crippen LogP contribution is -2.22. The van der Waals surface area contributed by atoms with Crippen LogP contribution in [0.5, 0.6) is 0 Å². The molecule has 0 radical (unpaired) electrons. The van der Waals surface area contributed by atoms with Gasteiger partial charge in [0.15, 0.2) is 0 Å². The van der Waals surface area contributed by atoms with E-state index in [2.05, 4.69) is 53.1 Å². The van der Waals surface area contributed by atoms with Crippen molar-refractivity contribution in [2.75, 3.05) is 18.4 Å². The van der Waals surface area contributed by atoms with Gasteiger partial charge >= 0.3 is 0 Å². The van der Waals surface area contributed by atoms with E-state index in [1.54, 1.807) is 6.07 Å². The van der Waals surface area contributed by atoms with Crippen LogP contribution in [0.25, 0.3) is 0 Å². The Labute approximate surface area is 144 Å². The third kappa shape index (κ3) is 5.49. The fourth-order valence-electron chi connectivity index (χ4n) is 2.59. The number of H-pyrrole nitrogens is 1. The van der Waals surface area contributed by atoms with Gasteiger partial charge in [-0.05, 0) is 43.6 Å². The zero-order valence-corrected chi connectivity index (χ0v) is 14.9. The maximum atomic E-state index is 11.8. The van der Waals surface area contributed by atoms with Crippen molar-refractivity contribution in [1.82, 2.24) is 14.9 Å².